The number of carbonyl (C=O) groups excluding carboxylic acids is 1. The first-order valence-electron chi connectivity index (χ1n) is 8.39. The molecule has 24 heavy (non-hydrogen) atoms. The number of hydrogen-bond acceptors (Lipinski definition) is 5. The van der Waals surface area contributed by atoms with E-state index in [0.717, 1.165) is 55.4 Å². The Balaban J connectivity index is 1.78. The summed E-state index contributed by atoms with van der Waals surface area (Å²) in [6.07, 6.45) is 3.48. The van der Waals surface area contributed by atoms with Gasteiger partial charge in [0.1, 0.15) is 6.61 Å². The number of ether oxygens (including phenoxy) is 3. The maximum absolute atomic E-state index is 11.6. The molecule has 1 aromatic carbocycles. The normalized spacial score (nSPS) is 30.2. The Morgan fingerprint density at radius 1 is 1.25 bits per heavy atom. The van der Waals surface area contributed by atoms with Gasteiger partial charge in [-0.25, -0.2) is 4.79 Å². The second-order valence-corrected chi connectivity index (χ2v) is 7.49. The maximum Gasteiger partial charge on any atom is 0.331 e. The third kappa shape index (κ3) is 3.82. The van der Waals surface area contributed by atoms with Crippen LogP contribution < -0.4 is 5.32 Å². The third-order valence-electron chi connectivity index (χ3n) is 5.17. The lowest BCUT2D eigenvalue weighted by molar-refractivity contribution is -0.170. The minimum Gasteiger partial charge on any atom is -0.467 e. The summed E-state index contributed by atoms with van der Waals surface area (Å²) in [5, 5.41) is 3.43. The zero-order chi connectivity index (χ0) is 17.0. The second kappa shape index (κ2) is 7.52. The van der Waals surface area contributed by atoms with Crippen molar-refractivity contribution in [2.24, 2.45) is 0 Å². The molecule has 0 aromatic heterocycles. The molecule has 1 aliphatic carbocycles. The highest BCUT2D eigenvalue weighted by Crippen LogP contribution is 2.46. The van der Waals surface area contributed by atoms with E-state index in [9.17, 15) is 4.79 Å². The summed E-state index contributed by atoms with van der Waals surface area (Å²) >= 11 is 3.47. The largest absolute Gasteiger partial charge is 0.467 e. The van der Waals surface area contributed by atoms with Gasteiger partial charge in [0.05, 0.1) is 24.9 Å². The van der Waals surface area contributed by atoms with Gasteiger partial charge in [0.2, 0.25) is 0 Å². The van der Waals surface area contributed by atoms with Crippen LogP contribution in [0.25, 0.3) is 0 Å². The molecule has 1 saturated heterocycles. The predicted octanol–water partition coefficient (Wildman–Crippen LogP) is 2.77. The van der Waals surface area contributed by atoms with Crippen LogP contribution in [-0.2, 0) is 24.6 Å². The van der Waals surface area contributed by atoms with E-state index in [0.29, 0.717) is 0 Å². The van der Waals surface area contributed by atoms with Gasteiger partial charge in [-0.2, -0.15) is 0 Å². The van der Waals surface area contributed by atoms with Gasteiger partial charge >= 0.3 is 5.97 Å². The lowest BCUT2D eigenvalue weighted by atomic mass is 9.72. The summed E-state index contributed by atoms with van der Waals surface area (Å²) in [4.78, 5) is 11.6. The Labute approximate surface area is 151 Å². The zero-order valence-electron chi connectivity index (χ0n) is 14.0. The van der Waals surface area contributed by atoms with E-state index in [1.807, 2.05) is 12.1 Å². The zero-order valence-corrected chi connectivity index (χ0v) is 15.6. The first kappa shape index (κ1) is 17.9. The summed E-state index contributed by atoms with van der Waals surface area (Å²) in [6, 6.07) is 8.17. The second-order valence-electron chi connectivity index (χ2n) is 6.57. The van der Waals surface area contributed by atoms with Crippen molar-refractivity contribution in [1.29, 1.82) is 0 Å². The van der Waals surface area contributed by atoms with Crippen LogP contribution in [-0.4, -0.2) is 45.0 Å². The molecule has 132 valence electrons. The third-order valence-corrected chi connectivity index (χ3v) is 5.70. The molecule has 0 atom stereocenters. The van der Waals surface area contributed by atoms with Crippen LogP contribution in [0.3, 0.4) is 0 Å². The molecular weight excluding hydrogens is 374 g/mol. The maximum atomic E-state index is 11.6. The van der Waals surface area contributed by atoms with Crippen LogP contribution in [0.15, 0.2) is 28.7 Å². The van der Waals surface area contributed by atoms with E-state index in [2.05, 4.69) is 33.4 Å². The van der Waals surface area contributed by atoms with E-state index < -0.39 is 5.60 Å². The predicted molar refractivity (Wildman–Crippen MR) is 93.8 cm³/mol. The number of nitrogens with one attached hydrogen (secondary N) is 1. The molecule has 1 saturated carbocycles. The van der Waals surface area contributed by atoms with Gasteiger partial charge in [-0.05, 0) is 43.4 Å². The molecule has 1 aromatic rings. The Hall–Kier alpha value is -0.950. The van der Waals surface area contributed by atoms with E-state index in [4.69, 9.17) is 14.2 Å². The van der Waals surface area contributed by atoms with Gasteiger partial charge in [0.25, 0.3) is 0 Å². The summed E-state index contributed by atoms with van der Waals surface area (Å²) in [7, 11) is 1.38. The summed E-state index contributed by atoms with van der Waals surface area (Å²) < 4.78 is 18.0. The first-order chi connectivity index (χ1) is 11.6. The van der Waals surface area contributed by atoms with E-state index in [1.165, 1.54) is 7.11 Å². The van der Waals surface area contributed by atoms with Gasteiger partial charge < -0.3 is 19.5 Å². The number of morpholine rings is 1. The molecule has 1 spiro atoms. The average Bonchev–Trinajstić information content (AvgIpc) is 2.63. The number of halogens is 1. The fraction of sp³-hybridized carbons (Fsp3) is 0.611. The molecule has 1 aliphatic heterocycles. The SMILES string of the molecule is COC(=O)COC1(c2ccc(Br)cc2)CCC2(CC1)CNCCO2. The minimum atomic E-state index is -0.457. The highest BCUT2D eigenvalue weighted by Gasteiger charge is 2.46. The number of benzene rings is 1. The topological polar surface area (TPSA) is 56.8 Å². The van der Waals surface area contributed by atoms with Gasteiger partial charge in [-0.3, -0.25) is 0 Å². The lowest BCUT2D eigenvalue weighted by Crippen LogP contribution is -2.54. The Morgan fingerprint density at radius 3 is 2.54 bits per heavy atom. The highest BCUT2D eigenvalue weighted by atomic mass is 79.9. The quantitative estimate of drug-likeness (QED) is 0.791. The number of rotatable bonds is 4. The molecule has 2 fully saturated rings. The van der Waals surface area contributed by atoms with Crippen molar-refractivity contribution in [3.05, 3.63) is 34.3 Å². The summed E-state index contributed by atoms with van der Waals surface area (Å²) in [6.45, 7) is 2.53. The smallest absolute Gasteiger partial charge is 0.331 e. The van der Waals surface area contributed by atoms with Crippen molar-refractivity contribution in [1.82, 2.24) is 5.32 Å². The molecule has 1 heterocycles. The number of hydrogen-bond donors (Lipinski definition) is 1. The van der Waals surface area contributed by atoms with Crippen molar-refractivity contribution in [2.75, 3.05) is 33.4 Å². The van der Waals surface area contributed by atoms with Crippen LogP contribution in [0, 0.1) is 0 Å². The monoisotopic (exact) mass is 397 g/mol. The molecule has 1 N–H and O–H groups in total. The molecule has 2 aliphatic rings. The number of esters is 1. The first-order valence-corrected chi connectivity index (χ1v) is 9.18. The van der Waals surface area contributed by atoms with Crippen molar-refractivity contribution >= 4 is 21.9 Å². The molecule has 5 nitrogen and oxygen atoms in total. The van der Waals surface area contributed by atoms with Crippen LogP contribution in [0.5, 0.6) is 0 Å². The fourth-order valence-electron chi connectivity index (χ4n) is 3.66. The van der Waals surface area contributed by atoms with Gasteiger partial charge in [-0.1, -0.05) is 28.1 Å². The van der Waals surface area contributed by atoms with Crippen LogP contribution >= 0.6 is 15.9 Å². The van der Waals surface area contributed by atoms with Crippen molar-refractivity contribution < 1.29 is 19.0 Å². The van der Waals surface area contributed by atoms with Crippen LogP contribution in [0.4, 0.5) is 0 Å². The van der Waals surface area contributed by atoms with Gasteiger partial charge in [0, 0.05) is 17.6 Å². The van der Waals surface area contributed by atoms with E-state index >= 15 is 0 Å². The number of carbonyl (C=O) groups is 1. The molecule has 0 radical (unpaired) electrons. The molecule has 0 amide bonds. The van der Waals surface area contributed by atoms with E-state index in [1.54, 1.807) is 0 Å². The van der Waals surface area contributed by atoms with Crippen LogP contribution in [0.1, 0.15) is 31.2 Å². The Morgan fingerprint density at radius 2 is 1.96 bits per heavy atom. The highest BCUT2D eigenvalue weighted by molar-refractivity contribution is 9.10. The standard InChI is InChI=1S/C18H24BrNO4/c1-22-16(21)12-24-18(14-2-4-15(19)5-3-14)8-6-17(7-9-18)13-20-10-11-23-17/h2-5,20H,6-13H2,1H3. The molecule has 0 unspecified atom stereocenters. The summed E-state index contributed by atoms with van der Waals surface area (Å²) in [5.41, 5.74) is 0.556. The molecule has 3 rings (SSSR count). The average molecular weight is 398 g/mol. The summed E-state index contributed by atoms with van der Waals surface area (Å²) in [5.74, 6) is -0.345. The fourth-order valence-corrected chi connectivity index (χ4v) is 3.93. The van der Waals surface area contributed by atoms with Crippen molar-refractivity contribution in [3.8, 4) is 0 Å². The molecule has 0 bridgehead atoms. The van der Waals surface area contributed by atoms with Crippen molar-refractivity contribution in [2.45, 2.75) is 36.9 Å². The molecular formula is C18H24BrNO4. The van der Waals surface area contributed by atoms with Gasteiger partial charge in [0.15, 0.2) is 0 Å². The minimum absolute atomic E-state index is 0.0291. The lowest BCUT2D eigenvalue weighted by Gasteiger charge is -2.47. The molecule has 6 heteroatoms. The van der Waals surface area contributed by atoms with Gasteiger partial charge in [-0.15, -0.1) is 0 Å². The Kier molecular flexibility index (Phi) is 5.59. The Bertz CT molecular complexity index is 559. The van der Waals surface area contributed by atoms with Crippen molar-refractivity contribution in [3.63, 3.8) is 0 Å². The van der Waals surface area contributed by atoms with Crippen LogP contribution in [0.2, 0.25) is 0 Å². The number of methoxy groups -OCH3 is 1. The van der Waals surface area contributed by atoms with E-state index in [-0.39, 0.29) is 18.2 Å².